The molecule has 2 heterocycles. The Labute approximate surface area is 173 Å². The van der Waals surface area contributed by atoms with E-state index < -0.39 is 60.4 Å². The molecule has 2 aliphatic rings. The van der Waals surface area contributed by atoms with E-state index in [4.69, 9.17) is 11.5 Å². The molecule has 4 amide bonds. The number of nitrogens with zero attached hydrogens (tertiary/aromatic N) is 2. The summed E-state index contributed by atoms with van der Waals surface area (Å²) in [5.41, 5.74) is 10.9. The van der Waals surface area contributed by atoms with Crippen molar-refractivity contribution >= 4 is 29.6 Å². The number of aliphatic carboxylic acids is 1. The Balaban J connectivity index is 2.01. The second-order valence-electron chi connectivity index (χ2n) is 7.57. The van der Waals surface area contributed by atoms with Crippen LogP contribution in [-0.4, -0.2) is 93.5 Å². The van der Waals surface area contributed by atoms with Crippen molar-refractivity contribution in [3.8, 4) is 0 Å². The number of carboxylic acid groups (broad SMARTS) is 1. The predicted molar refractivity (Wildman–Crippen MR) is 103 cm³/mol. The quantitative estimate of drug-likeness (QED) is 0.258. The third kappa shape index (κ3) is 5.45. The van der Waals surface area contributed by atoms with Crippen LogP contribution in [0.4, 0.5) is 0 Å². The summed E-state index contributed by atoms with van der Waals surface area (Å²) in [6.45, 7) is -0.177. The van der Waals surface area contributed by atoms with E-state index in [9.17, 15) is 34.2 Å². The molecule has 2 aliphatic heterocycles. The van der Waals surface area contributed by atoms with Crippen molar-refractivity contribution in [2.24, 2.45) is 11.5 Å². The molecule has 12 nitrogen and oxygen atoms in total. The normalized spacial score (nSPS) is 23.1. The first-order valence-corrected chi connectivity index (χ1v) is 9.96. The summed E-state index contributed by atoms with van der Waals surface area (Å²) in [7, 11) is 0. The highest BCUT2D eigenvalue weighted by Crippen LogP contribution is 2.21. The highest BCUT2D eigenvalue weighted by molar-refractivity contribution is 5.94. The van der Waals surface area contributed by atoms with Crippen molar-refractivity contribution < 1.29 is 34.2 Å². The maximum Gasteiger partial charge on any atom is 0.326 e. The molecule has 7 N–H and O–H groups in total. The average molecular weight is 427 g/mol. The molecule has 2 saturated heterocycles. The van der Waals surface area contributed by atoms with Gasteiger partial charge in [0.25, 0.3) is 0 Å². The number of nitrogens with two attached hydrogens (primary N) is 2. The van der Waals surface area contributed by atoms with Crippen LogP contribution in [0.15, 0.2) is 0 Å². The Morgan fingerprint density at radius 1 is 1.00 bits per heavy atom. The third-order valence-electron chi connectivity index (χ3n) is 5.48. The first kappa shape index (κ1) is 23.5. The van der Waals surface area contributed by atoms with Crippen molar-refractivity contribution in [2.45, 2.75) is 62.7 Å². The molecule has 4 atom stereocenters. The average Bonchev–Trinajstić information content (AvgIpc) is 3.38. The summed E-state index contributed by atoms with van der Waals surface area (Å²) < 4.78 is 0. The number of primary amides is 1. The number of aliphatic hydroxyl groups is 1. The molecule has 0 bridgehead atoms. The third-order valence-corrected chi connectivity index (χ3v) is 5.48. The van der Waals surface area contributed by atoms with E-state index in [-0.39, 0.29) is 19.4 Å². The molecule has 0 saturated carbocycles. The minimum Gasteiger partial charge on any atom is -0.480 e. The van der Waals surface area contributed by atoms with Gasteiger partial charge in [0.15, 0.2) is 0 Å². The molecule has 0 aromatic carbocycles. The van der Waals surface area contributed by atoms with E-state index in [2.05, 4.69) is 5.32 Å². The molecule has 0 aromatic rings. The predicted octanol–water partition coefficient (Wildman–Crippen LogP) is -2.88. The number of carboxylic acids is 1. The topological polar surface area (TPSA) is 196 Å². The Morgan fingerprint density at radius 2 is 1.57 bits per heavy atom. The molecule has 0 aliphatic carbocycles. The van der Waals surface area contributed by atoms with E-state index in [1.165, 1.54) is 4.90 Å². The van der Waals surface area contributed by atoms with Gasteiger partial charge in [-0.1, -0.05) is 0 Å². The van der Waals surface area contributed by atoms with Crippen molar-refractivity contribution in [3.63, 3.8) is 0 Å². The molecule has 0 aromatic heterocycles. The molecule has 2 fully saturated rings. The highest BCUT2D eigenvalue weighted by Gasteiger charge is 2.40. The monoisotopic (exact) mass is 427 g/mol. The SMILES string of the molecule is NC(=O)CCC(N)C(=O)N1CCCC1C(=O)NC(CO)C(=O)N1CCCC1C(=O)O. The Hall–Kier alpha value is -2.73. The van der Waals surface area contributed by atoms with Crippen LogP contribution in [0.1, 0.15) is 38.5 Å². The molecular formula is C18H29N5O7. The van der Waals surface area contributed by atoms with Gasteiger partial charge >= 0.3 is 5.97 Å². The molecule has 0 spiro atoms. The zero-order chi connectivity index (χ0) is 22.4. The lowest BCUT2D eigenvalue weighted by Gasteiger charge is -2.30. The molecule has 168 valence electrons. The number of hydrogen-bond donors (Lipinski definition) is 5. The van der Waals surface area contributed by atoms with Crippen LogP contribution in [0.5, 0.6) is 0 Å². The second-order valence-corrected chi connectivity index (χ2v) is 7.57. The molecule has 2 rings (SSSR count). The number of carbonyl (C=O) groups excluding carboxylic acids is 4. The molecule has 12 heteroatoms. The minimum absolute atomic E-state index is 0.0563. The Kier molecular flexibility index (Phi) is 8.12. The van der Waals surface area contributed by atoms with E-state index in [0.29, 0.717) is 32.2 Å². The fourth-order valence-corrected chi connectivity index (χ4v) is 3.88. The van der Waals surface area contributed by atoms with Gasteiger partial charge in [-0.3, -0.25) is 19.2 Å². The van der Waals surface area contributed by atoms with Gasteiger partial charge < -0.3 is 36.8 Å². The summed E-state index contributed by atoms with van der Waals surface area (Å²) in [6.07, 6.45) is 1.73. The van der Waals surface area contributed by atoms with Crippen LogP contribution in [-0.2, 0) is 24.0 Å². The van der Waals surface area contributed by atoms with Gasteiger partial charge in [0, 0.05) is 19.5 Å². The van der Waals surface area contributed by atoms with Gasteiger partial charge in [-0.05, 0) is 32.1 Å². The van der Waals surface area contributed by atoms with Crippen LogP contribution >= 0.6 is 0 Å². The van der Waals surface area contributed by atoms with Crippen molar-refractivity contribution in [3.05, 3.63) is 0 Å². The standard InChI is InChI=1S/C18H29N5O7/c19-10(5-6-14(20)25)16(27)22-7-1-3-12(22)15(26)21-11(9-24)17(28)23-8-2-4-13(23)18(29)30/h10-13,24H,1-9,19H2,(H2,20,25)(H,21,26)(H,29,30). The fraction of sp³-hybridized carbons (Fsp3) is 0.722. The Morgan fingerprint density at radius 3 is 2.10 bits per heavy atom. The van der Waals surface area contributed by atoms with Gasteiger partial charge in [-0.25, -0.2) is 4.79 Å². The number of nitrogens with one attached hydrogen (secondary N) is 1. The zero-order valence-electron chi connectivity index (χ0n) is 16.7. The number of hydrogen-bond acceptors (Lipinski definition) is 7. The summed E-state index contributed by atoms with van der Waals surface area (Å²) in [6, 6.07) is -4.15. The van der Waals surface area contributed by atoms with Crippen LogP contribution in [0.25, 0.3) is 0 Å². The van der Waals surface area contributed by atoms with Crippen molar-refractivity contribution in [2.75, 3.05) is 19.7 Å². The molecule has 30 heavy (non-hydrogen) atoms. The smallest absolute Gasteiger partial charge is 0.326 e. The number of rotatable bonds is 9. The van der Waals surface area contributed by atoms with E-state index in [0.717, 1.165) is 4.90 Å². The van der Waals surface area contributed by atoms with Crippen molar-refractivity contribution in [1.82, 2.24) is 15.1 Å². The minimum atomic E-state index is -1.31. The van der Waals surface area contributed by atoms with Crippen LogP contribution < -0.4 is 16.8 Å². The van der Waals surface area contributed by atoms with Crippen LogP contribution in [0, 0.1) is 0 Å². The van der Waals surface area contributed by atoms with E-state index in [1.54, 1.807) is 0 Å². The largest absolute Gasteiger partial charge is 0.480 e. The maximum atomic E-state index is 12.7. The van der Waals surface area contributed by atoms with Crippen molar-refractivity contribution in [1.29, 1.82) is 0 Å². The number of carbonyl (C=O) groups is 5. The maximum absolute atomic E-state index is 12.7. The summed E-state index contributed by atoms with van der Waals surface area (Å²) in [5, 5.41) is 21.3. The number of aliphatic hydroxyl groups excluding tert-OH is 1. The number of amides is 4. The molecular weight excluding hydrogens is 398 g/mol. The summed E-state index contributed by atoms with van der Waals surface area (Å²) >= 11 is 0. The summed E-state index contributed by atoms with van der Waals surface area (Å²) in [4.78, 5) is 62.6. The highest BCUT2D eigenvalue weighted by atomic mass is 16.4. The lowest BCUT2D eigenvalue weighted by Crippen LogP contribution is -2.57. The van der Waals surface area contributed by atoms with Crippen LogP contribution in [0.3, 0.4) is 0 Å². The zero-order valence-corrected chi connectivity index (χ0v) is 16.7. The molecule has 0 radical (unpaired) electrons. The fourth-order valence-electron chi connectivity index (χ4n) is 3.88. The lowest BCUT2D eigenvalue weighted by molar-refractivity contribution is -0.150. The van der Waals surface area contributed by atoms with Gasteiger partial charge in [-0.2, -0.15) is 0 Å². The molecule has 4 unspecified atom stereocenters. The first-order chi connectivity index (χ1) is 14.2. The van der Waals surface area contributed by atoms with Gasteiger partial charge in [0.2, 0.25) is 23.6 Å². The van der Waals surface area contributed by atoms with E-state index >= 15 is 0 Å². The lowest BCUT2D eigenvalue weighted by atomic mass is 10.1. The van der Waals surface area contributed by atoms with Gasteiger partial charge in [0.1, 0.15) is 18.1 Å². The first-order valence-electron chi connectivity index (χ1n) is 9.96. The second kappa shape index (κ2) is 10.3. The van der Waals surface area contributed by atoms with Gasteiger partial charge in [0.05, 0.1) is 12.6 Å². The Bertz CT molecular complexity index is 700. The summed E-state index contributed by atoms with van der Waals surface area (Å²) in [5.74, 6) is -3.52. The van der Waals surface area contributed by atoms with E-state index in [1.807, 2.05) is 0 Å². The van der Waals surface area contributed by atoms with Gasteiger partial charge in [-0.15, -0.1) is 0 Å². The van der Waals surface area contributed by atoms with Crippen LogP contribution in [0.2, 0.25) is 0 Å². The number of likely N-dealkylation sites (tertiary alicyclic amines) is 2.